The second-order valence-electron chi connectivity index (χ2n) is 6.19. The van der Waals surface area contributed by atoms with Gasteiger partial charge in [-0.2, -0.15) is 0 Å². The van der Waals surface area contributed by atoms with Crippen LogP contribution >= 0.6 is 0 Å². The summed E-state index contributed by atoms with van der Waals surface area (Å²) in [5, 5.41) is 22.7. The Hall–Kier alpha value is -2.00. The number of hydrogen-bond acceptors (Lipinski definition) is 6. The molecule has 1 aromatic carbocycles. The zero-order chi connectivity index (χ0) is 18.4. The first-order valence-corrected chi connectivity index (χ1v) is 9.92. The molecule has 0 radical (unpaired) electrons. The lowest BCUT2D eigenvalue weighted by Gasteiger charge is -2.13. The van der Waals surface area contributed by atoms with Crippen molar-refractivity contribution in [2.24, 2.45) is 0 Å². The van der Waals surface area contributed by atoms with Gasteiger partial charge in [0.1, 0.15) is 0 Å². The lowest BCUT2D eigenvalue weighted by molar-refractivity contribution is -0.384. The topological polar surface area (TPSA) is 127 Å². The molecule has 0 heterocycles. The standard InChI is InChI=1S/C16H22N2O6S/c19-15(12-5-7-13(8-6-12)18(21)22)11-17-16(20)9-10-25(23,24)14-3-1-2-4-14/h5-8,14-15,19H,1-4,9-11H2,(H,17,20)/t15-/m1/s1. The molecule has 0 aromatic heterocycles. The first-order chi connectivity index (χ1) is 11.8. The SMILES string of the molecule is O=C(CCS(=O)(=O)C1CCCC1)NC[C@@H](O)c1ccc([N+](=O)[O-])cc1. The number of rotatable bonds is 8. The maximum atomic E-state index is 12.1. The Labute approximate surface area is 146 Å². The minimum Gasteiger partial charge on any atom is -0.387 e. The monoisotopic (exact) mass is 370 g/mol. The van der Waals surface area contributed by atoms with Crippen LogP contribution < -0.4 is 5.32 Å². The van der Waals surface area contributed by atoms with E-state index in [9.17, 15) is 28.4 Å². The fourth-order valence-electron chi connectivity index (χ4n) is 2.88. The number of aliphatic hydroxyl groups is 1. The van der Waals surface area contributed by atoms with Crippen LogP contribution in [0.2, 0.25) is 0 Å². The van der Waals surface area contributed by atoms with Gasteiger partial charge in [-0.3, -0.25) is 14.9 Å². The number of nitro benzene ring substituents is 1. The Morgan fingerprint density at radius 3 is 2.44 bits per heavy atom. The van der Waals surface area contributed by atoms with Gasteiger partial charge in [0, 0.05) is 25.1 Å². The van der Waals surface area contributed by atoms with Gasteiger partial charge in [-0.05, 0) is 30.5 Å². The van der Waals surface area contributed by atoms with E-state index in [-0.39, 0.29) is 29.7 Å². The number of amides is 1. The first kappa shape index (κ1) is 19.3. The van der Waals surface area contributed by atoms with Crippen molar-refractivity contribution in [1.82, 2.24) is 5.32 Å². The average Bonchev–Trinajstić information content (AvgIpc) is 3.13. The van der Waals surface area contributed by atoms with Gasteiger partial charge in [-0.1, -0.05) is 12.8 Å². The highest BCUT2D eigenvalue weighted by atomic mass is 32.2. The number of nitrogens with zero attached hydrogens (tertiary/aromatic N) is 1. The average molecular weight is 370 g/mol. The maximum absolute atomic E-state index is 12.1. The molecule has 1 aliphatic rings. The summed E-state index contributed by atoms with van der Waals surface area (Å²) in [5.41, 5.74) is 0.349. The van der Waals surface area contributed by atoms with E-state index in [0.29, 0.717) is 18.4 Å². The van der Waals surface area contributed by atoms with Crippen molar-refractivity contribution in [2.75, 3.05) is 12.3 Å². The molecule has 9 heteroatoms. The van der Waals surface area contributed by atoms with Crippen LogP contribution in [0, 0.1) is 10.1 Å². The fraction of sp³-hybridized carbons (Fsp3) is 0.562. The Bertz CT molecular complexity index is 711. The highest BCUT2D eigenvalue weighted by molar-refractivity contribution is 7.92. The van der Waals surface area contributed by atoms with Crippen LogP contribution in [-0.2, 0) is 14.6 Å². The maximum Gasteiger partial charge on any atom is 0.269 e. The molecule has 25 heavy (non-hydrogen) atoms. The van der Waals surface area contributed by atoms with Crippen LogP contribution in [0.25, 0.3) is 0 Å². The van der Waals surface area contributed by atoms with Crippen molar-refractivity contribution in [2.45, 2.75) is 43.5 Å². The van der Waals surface area contributed by atoms with Gasteiger partial charge in [0.15, 0.2) is 9.84 Å². The van der Waals surface area contributed by atoms with Gasteiger partial charge >= 0.3 is 0 Å². The van der Waals surface area contributed by atoms with Crippen molar-refractivity contribution in [3.05, 3.63) is 39.9 Å². The Morgan fingerprint density at radius 2 is 1.88 bits per heavy atom. The summed E-state index contributed by atoms with van der Waals surface area (Å²) in [5.74, 6) is -0.626. The largest absolute Gasteiger partial charge is 0.387 e. The van der Waals surface area contributed by atoms with E-state index >= 15 is 0 Å². The van der Waals surface area contributed by atoms with Gasteiger partial charge in [-0.25, -0.2) is 8.42 Å². The molecule has 0 saturated heterocycles. The number of nitrogens with one attached hydrogen (secondary N) is 1. The van der Waals surface area contributed by atoms with Crippen molar-refractivity contribution in [3.63, 3.8) is 0 Å². The van der Waals surface area contributed by atoms with Crippen LogP contribution in [0.3, 0.4) is 0 Å². The van der Waals surface area contributed by atoms with Crippen molar-refractivity contribution in [1.29, 1.82) is 0 Å². The van der Waals surface area contributed by atoms with E-state index in [2.05, 4.69) is 5.32 Å². The minimum absolute atomic E-state index is 0.0832. The second-order valence-corrected chi connectivity index (χ2v) is 8.59. The molecule has 8 nitrogen and oxygen atoms in total. The molecule has 0 bridgehead atoms. The van der Waals surface area contributed by atoms with Gasteiger partial charge in [-0.15, -0.1) is 0 Å². The minimum atomic E-state index is -3.25. The van der Waals surface area contributed by atoms with E-state index < -0.39 is 26.8 Å². The van der Waals surface area contributed by atoms with Crippen LogP contribution in [0.4, 0.5) is 5.69 Å². The lowest BCUT2D eigenvalue weighted by atomic mass is 10.1. The molecule has 1 atom stereocenters. The van der Waals surface area contributed by atoms with E-state index in [1.165, 1.54) is 24.3 Å². The molecular weight excluding hydrogens is 348 g/mol. The summed E-state index contributed by atoms with van der Waals surface area (Å²) in [6.07, 6.45) is 2.02. The quantitative estimate of drug-likeness (QED) is 0.527. The van der Waals surface area contributed by atoms with E-state index in [1.54, 1.807) is 0 Å². The van der Waals surface area contributed by atoms with Crippen molar-refractivity contribution in [3.8, 4) is 0 Å². The predicted molar refractivity (Wildman–Crippen MR) is 91.7 cm³/mol. The van der Waals surface area contributed by atoms with Crippen LogP contribution in [-0.4, -0.2) is 41.9 Å². The Morgan fingerprint density at radius 1 is 1.28 bits per heavy atom. The predicted octanol–water partition coefficient (Wildman–Crippen LogP) is 1.49. The van der Waals surface area contributed by atoms with Crippen molar-refractivity contribution < 1.29 is 23.2 Å². The molecule has 0 spiro atoms. The molecule has 1 amide bonds. The fourth-order valence-corrected chi connectivity index (χ4v) is 4.74. The highest BCUT2D eigenvalue weighted by Gasteiger charge is 2.28. The summed E-state index contributed by atoms with van der Waals surface area (Å²) >= 11 is 0. The molecule has 1 fully saturated rings. The summed E-state index contributed by atoms with van der Waals surface area (Å²) in [6, 6.07) is 5.38. The number of sulfone groups is 1. The van der Waals surface area contributed by atoms with Gasteiger partial charge in [0.25, 0.3) is 5.69 Å². The molecule has 2 N–H and O–H groups in total. The van der Waals surface area contributed by atoms with E-state index in [1.807, 2.05) is 0 Å². The molecule has 1 saturated carbocycles. The van der Waals surface area contributed by atoms with Crippen LogP contribution in [0.1, 0.15) is 43.8 Å². The van der Waals surface area contributed by atoms with Crippen molar-refractivity contribution >= 4 is 21.4 Å². The summed E-state index contributed by atoms with van der Waals surface area (Å²) in [7, 11) is -3.25. The normalized spacial score (nSPS) is 16.5. The highest BCUT2D eigenvalue weighted by Crippen LogP contribution is 2.25. The molecule has 0 unspecified atom stereocenters. The van der Waals surface area contributed by atoms with Gasteiger partial charge in [0.05, 0.1) is 22.0 Å². The molecule has 0 aliphatic heterocycles. The molecule has 1 aromatic rings. The van der Waals surface area contributed by atoms with E-state index in [0.717, 1.165) is 12.8 Å². The molecule has 1 aliphatic carbocycles. The second kappa shape index (κ2) is 8.39. The third-order valence-corrected chi connectivity index (χ3v) is 6.67. The van der Waals surface area contributed by atoms with Gasteiger partial charge < -0.3 is 10.4 Å². The number of aliphatic hydroxyl groups excluding tert-OH is 1. The number of benzene rings is 1. The summed E-state index contributed by atoms with van der Waals surface area (Å²) in [4.78, 5) is 21.9. The molecule has 2 rings (SSSR count). The molecular formula is C16H22N2O6S. The Kier molecular flexibility index (Phi) is 6.49. The number of carbonyl (C=O) groups excluding carboxylic acids is 1. The zero-order valence-corrected chi connectivity index (χ0v) is 14.6. The summed E-state index contributed by atoms with van der Waals surface area (Å²) < 4.78 is 24.2. The lowest BCUT2D eigenvalue weighted by Crippen LogP contribution is -2.31. The smallest absolute Gasteiger partial charge is 0.269 e. The molecule has 138 valence electrons. The van der Waals surface area contributed by atoms with Crippen LogP contribution in [0.15, 0.2) is 24.3 Å². The zero-order valence-electron chi connectivity index (χ0n) is 13.8. The summed E-state index contributed by atoms with van der Waals surface area (Å²) in [6.45, 7) is -0.0832. The van der Waals surface area contributed by atoms with E-state index in [4.69, 9.17) is 0 Å². The Balaban J connectivity index is 1.78. The van der Waals surface area contributed by atoms with Gasteiger partial charge in [0.2, 0.25) is 5.91 Å². The number of non-ortho nitro benzene ring substituents is 1. The number of hydrogen-bond donors (Lipinski definition) is 2. The number of carbonyl (C=O) groups is 1. The van der Waals surface area contributed by atoms with Crippen LogP contribution in [0.5, 0.6) is 0 Å². The third-order valence-electron chi connectivity index (χ3n) is 4.40. The third kappa shape index (κ3) is 5.50. The first-order valence-electron chi connectivity index (χ1n) is 8.20. The number of nitro groups is 1.